The monoisotopic (exact) mass is 307 g/mol. The second-order valence-corrected chi connectivity index (χ2v) is 6.11. The lowest BCUT2D eigenvalue weighted by Crippen LogP contribution is -2.31. The SMILES string of the molecule is CCN(c1ccncc1)S(=O)(=O)c1ccc(OC)cc1N. The summed E-state index contributed by atoms with van der Waals surface area (Å²) in [5, 5.41) is 0. The van der Waals surface area contributed by atoms with E-state index in [4.69, 9.17) is 10.5 Å². The molecule has 0 unspecified atom stereocenters. The Kier molecular flexibility index (Phi) is 4.32. The predicted molar refractivity (Wildman–Crippen MR) is 81.8 cm³/mol. The van der Waals surface area contributed by atoms with Gasteiger partial charge in [-0.15, -0.1) is 0 Å². The molecule has 7 heteroatoms. The summed E-state index contributed by atoms with van der Waals surface area (Å²) >= 11 is 0. The number of nitrogens with two attached hydrogens (primary N) is 1. The minimum absolute atomic E-state index is 0.0574. The lowest BCUT2D eigenvalue weighted by molar-refractivity contribution is 0.414. The highest BCUT2D eigenvalue weighted by Crippen LogP contribution is 2.29. The second kappa shape index (κ2) is 6.01. The summed E-state index contributed by atoms with van der Waals surface area (Å²) in [6.45, 7) is 2.05. The molecule has 0 aliphatic rings. The van der Waals surface area contributed by atoms with Gasteiger partial charge in [0.1, 0.15) is 10.6 Å². The smallest absolute Gasteiger partial charge is 0.266 e. The molecule has 0 saturated carbocycles. The molecule has 2 N–H and O–H groups in total. The Hall–Kier alpha value is -2.28. The fourth-order valence-corrected chi connectivity index (χ4v) is 3.58. The molecule has 0 bridgehead atoms. The summed E-state index contributed by atoms with van der Waals surface area (Å²) in [7, 11) is -2.24. The van der Waals surface area contributed by atoms with Crippen molar-refractivity contribution in [1.82, 2.24) is 4.98 Å². The average Bonchev–Trinajstić information content (AvgIpc) is 2.48. The third-order valence-corrected chi connectivity index (χ3v) is 5.00. The lowest BCUT2D eigenvalue weighted by atomic mass is 10.3. The van der Waals surface area contributed by atoms with E-state index in [0.29, 0.717) is 11.4 Å². The normalized spacial score (nSPS) is 11.1. The third kappa shape index (κ3) is 2.92. The van der Waals surface area contributed by atoms with Gasteiger partial charge >= 0.3 is 0 Å². The van der Waals surface area contributed by atoms with Gasteiger partial charge in [0.25, 0.3) is 10.0 Å². The Labute approximate surface area is 124 Å². The molecule has 1 aromatic carbocycles. The van der Waals surface area contributed by atoms with Crippen molar-refractivity contribution < 1.29 is 13.2 Å². The molecular formula is C14H17N3O3S. The average molecular weight is 307 g/mol. The summed E-state index contributed by atoms with van der Waals surface area (Å²) in [5.41, 5.74) is 6.55. The molecule has 0 saturated heterocycles. The number of nitrogens with zero attached hydrogens (tertiary/aromatic N) is 2. The van der Waals surface area contributed by atoms with E-state index >= 15 is 0 Å². The molecule has 0 amide bonds. The molecule has 1 aromatic heterocycles. The van der Waals surface area contributed by atoms with Gasteiger partial charge in [-0.3, -0.25) is 9.29 Å². The van der Waals surface area contributed by atoms with Gasteiger partial charge in [0.15, 0.2) is 0 Å². The molecule has 0 spiro atoms. The van der Waals surface area contributed by atoms with E-state index in [9.17, 15) is 8.42 Å². The van der Waals surface area contributed by atoms with Gasteiger partial charge in [0.2, 0.25) is 0 Å². The molecule has 0 atom stereocenters. The zero-order valence-corrected chi connectivity index (χ0v) is 12.7. The molecule has 6 nitrogen and oxygen atoms in total. The minimum atomic E-state index is -3.73. The molecule has 2 aromatic rings. The molecule has 1 heterocycles. The van der Waals surface area contributed by atoms with Crippen molar-refractivity contribution in [1.29, 1.82) is 0 Å². The number of ether oxygens (including phenoxy) is 1. The Morgan fingerprint density at radius 1 is 1.24 bits per heavy atom. The first kappa shape index (κ1) is 15.1. The summed E-state index contributed by atoms with van der Waals surface area (Å²) in [4.78, 5) is 3.95. The van der Waals surface area contributed by atoms with Crippen molar-refractivity contribution in [2.24, 2.45) is 0 Å². The molecular weight excluding hydrogens is 290 g/mol. The van der Waals surface area contributed by atoms with Crippen LogP contribution in [-0.4, -0.2) is 27.1 Å². The standard InChI is InChI=1S/C14H17N3O3S/c1-3-17(11-6-8-16-9-7-11)21(18,19)14-5-4-12(20-2)10-13(14)15/h4-10H,3,15H2,1-2H3. The fraction of sp³-hybridized carbons (Fsp3) is 0.214. The molecule has 2 rings (SSSR count). The topological polar surface area (TPSA) is 85.5 Å². The summed E-state index contributed by atoms with van der Waals surface area (Å²) in [6.07, 6.45) is 3.09. The minimum Gasteiger partial charge on any atom is -0.497 e. The first-order chi connectivity index (χ1) is 10.0. The molecule has 112 valence electrons. The maximum Gasteiger partial charge on any atom is 0.266 e. The van der Waals surface area contributed by atoms with Crippen molar-refractivity contribution in [3.63, 3.8) is 0 Å². The van der Waals surface area contributed by atoms with Crippen molar-refractivity contribution in [2.45, 2.75) is 11.8 Å². The zero-order valence-electron chi connectivity index (χ0n) is 11.9. The number of sulfonamides is 1. The maximum atomic E-state index is 12.8. The lowest BCUT2D eigenvalue weighted by Gasteiger charge is -2.23. The van der Waals surface area contributed by atoms with Crippen LogP contribution in [0.4, 0.5) is 11.4 Å². The van der Waals surface area contributed by atoms with E-state index in [1.54, 1.807) is 37.5 Å². The van der Waals surface area contributed by atoms with Gasteiger partial charge in [0, 0.05) is 25.0 Å². The van der Waals surface area contributed by atoms with Crippen LogP contribution in [0.5, 0.6) is 5.75 Å². The highest BCUT2D eigenvalue weighted by atomic mass is 32.2. The number of nitrogen functional groups attached to an aromatic ring is 1. The van der Waals surface area contributed by atoms with Gasteiger partial charge in [0.05, 0.1) is 18.5 Å². The maximum absolute atomic E-state index is 12.8. The van der Waals surface area contributed by atoms with Crippen LogP contribution in [0.1, 0.15) is 6.92 Å². The third-order valence-electron chi connectivity index (χ3n) is 3.02. The van der Waals surface area contributed by atoms with Crippen LogP contribution in [0.3, 0.4) is 0 Å². The molecule has 21 heavy (non-hydrogen) atoms. The molecule has 0 aliphatic heterocycles. The van der Waals surface area contributed by atoms with E-state index in [1.165, 1.54) is 23.5 Å². The van der Waals surface area contributed by atoms with E-state index < -0.39 is 10.0 Å². The van der Waals surface area contributed by atoms with E-state index in [1.807, 2.05) is 0 Å². The number of methoxy groups -OCH3 is 1. The number of aromatic nitrogens is 1. The van der Waals surface area contributed by atoms with Crippen LogP contribution >= 0.6 is 0 Å². The second-order valence-electron chi connectivity index (χ2n) is 4.28. The van der Waals surface area contributed by atoms with Crippen molar-refractivity contribution in [2.75, 3.05) is 23.7 Å². The van der Waals surface area contributed by atoms with E-state index in [2.05, 4.69) is 4.98 Å². The number of pyridine rings is 1. The zero-order chi connectivity index (χ0) is 15.5. The van der Waals surface area contributed by atoms with Gasteiger partial charge in [-0.25, -0.2) is 8.42 Å². The van der Waals surface area contributed by atoms with Crippen molar-refractivity contribution in [3.05, 3.63) is 42.7 Å². The number of anilines is 2. The molecule has 0 aliphatic carbocycles. The molecule has 0 radical (unpaired) electrons. The predicted octanol–water partition coefficient (Wildman–Crippen LogP) is 1.89. The first-order valence-corrected chi connectivity index (χ1v) is 7.81. The van der Waals surface area contributed by atoms with E-state index in [-0.39, 0.29) is 17.1 Å². The van der Waals surface area contributed by atoms with Gasteiger partial charge in [-0.2, -0.15) is 0 Å². The Morgan fingerprint density at radius 3 is 2.43 bits per heavy atom. The quantitative estimate of drug-likeness (QED) is 0.853. The van der Waals surface area contributed by atoms with Crippen LogP contribution in [0.15, 0.2) is 47.6 Å². The van der Waals surface area contributed by atoms with Gasteiger partial charge in [-0.05, 0) is 31.2 Å². The van der Waals surface area contributed by atoms with Crippen molar-refractivity contribution in [3.8, 4) is 5.75 Å². The van der Waals surface area contributed by atoms with Gasteiger partial charge in [-0.1, -0.05) is 0 Å². The van der Waals surface area contributed by atoms with Crippen LogP contribution < -0.4 is 14.8 Å². The Morgan fingerprint density at radius 2 is 1.90 bits per heavy atom. The van der Waals surface area contributed by atoms with Gasteiger partial charge < -0.3 is 10.5 Å². The number of benzene rings is 1. The fourth-order valence-electron chi connectivity index (χ4n) is 2.01. The van der Waals surface area contributed by atoms with E-state index in [0.717, 1.165) is 0 Å². The van der Waals surface area contributed by atoms with Crippen LogP contribution in [0.2, 0.25) is 0 Å². The van der Waals surface area contributed by atoms with Crippen LogP contribution in [-0.2, 0) is 10.0 Å². The summed E-state index contributed by atoms with van der Waals surface area (Å²) in [5.74, 6) is 0.512. The summed E-state index contributed by atoms with van der Waals surface area (Å²) < 4.78 is 31.9. The number of hydrogen-bond acceptors (Lipinski definition) is 5. The first-order valence-electron chi connectivity index (χ1n) is 6.37. The van der Waals surface area contributed by atoms with Crippen LogP contribution in [0, 0.1) is 0 Å². The molecule has 0 fully saturated rings. The number of hydrogen-bond donors (Lipinski definition) is 1. The largest absolute Gasteiger partial charge is 0.497 e. The highest BCUT2D eigenvalue weighted by molar-refractivity contribution is 7.93. The Bertz CT molecular complexity index is 717. The Balaban J connectivity index is 2.50. The summed E-state index contributed by atoms with van der Waals surface area (Å²) in [6, 6.07) is 7.80. The van der Waals surface area contributed by atoms with Crippen molar-refractivity contribution >= 4 is 21.4 Å². The highest BCUT2D eigenvalue weighted by Gasteiger charge is 2.25. The van der Waals surface area contributed by atoms with Crippen LogP contribution in [0.25, 0.3) is 0 Å². The number of rotatable bonds is 5.